The number of rotatable bonds is 9. The number of aromatic nitrogens is 4. The number of benzene rings is 2. The van der Waals surface area contributed by atoms with Gasteiger partial charge in [0.05, 0.1) is 18.4 Å². The van der Waals surface area contributed by atoms with Crippen molar-refractivity contribution in [3.63, 3.8) is 0 Å². The van der Waals surface area contributed by atoms with Gasteiger partial charge in [0.25, 0.3) is 0 Å². The quantitative estimate of drug-likeness (QED) is 0.363. The topological polar surface area (TPSA) is 122 Å². The molecule has 1 saturated heterocycles. The molecule has 0 unspecified atom stereocenters. The Hall–Kier alpha value is -4.11. The number of anilines is 1. The number of ether oxygens (including phenoxy) is 1. The minimum absolute atomic E-state index is 0.0114. The van der Waals surface area contributed by atoms with E-state index >= 15 is 0 Å². The molecule has 6 rings (SSSR count). The number of fused-ring (bicyclic) bond motifs is 2. The molecule has 2 aliphatic heterocycles. The predicted molar refractivity (Wildman–Crippen MR) is 144 cm³/mol. The Balaban J connectivity index is 1.17. The van der Waals surface area contributed by atoms with E-state index in [2.05, 4.69) is 35.9 Å². The molecule has 4 heterocycles. The van der Waals surface area contributed by atoms with Crippen LogP contribution >= 0.6 is 0 Å². The summed E-state index contributed by atoms with van der Waals surface area (Å²) in [6, 6.07) is 11.8. The lowest BCUT2D eigenvalue weighted by Crippen LogP contribution is -2.35. The Kier molecular flexibility index (Phi) is 6.36. The molecule has 9 heteroatoms. The number of nitrogens with two attached hydrogens (primary N) is 1. The van der Waals surface area contributed by atoms with Crippen LogP contribution in [0, 0.1) is 0 Å². The highest BCUT2D eigenvalue weighted by molar-refractivity contribution is 5.91. The molecule has 3 N–H and O–H groups in total. The summed E-state index contributed by atoms with van der Waals surface area (Å²) in [4.78, 5) is 35.6. The molecule has 2 aromatic heterocycles. The lowest BCUT2D eigenvalue weighted by Gasteiger charge is -2.26. The van der Waals surface area contributed by atoms with Crippen molar-refractivity contribution in [3.05, 3.63) is 66.4 Å². The maximum atomic E-state index is 12.8. The summed E-state index contributed by atoms with van der Waals surface area (Å²) in [6.07, 6.45) is 10.7. The lowest BCUT2D eigenvalue weighted by atomic mass is 9.98. The van der Waals surface area contributed by atoms with Crippen molar-refractivity contribution in [1.29, 1.82) is 0 Å². The number of hydrogen-bond acceptors (Lipinski definition) is 8. The zero-order valence-electron chi connectivity index (χ0n) is 20.5. The minimum atomic E-state index is -0.555. The van der Waals surface area contributed by atoms with Gasteiger partial charge in [-0.1, -0.05) is 30.3 Å². The first-order valence-electron chi connectivity index (χ1n) is 12.7. The third-order valence-electron chi connectivity index (χ3n) is 7.13. The van der Waals surface area contributed by atoms with E-state index in [0.717, 1.165) is 64.9 Å². The van der Waals surface area contributed by atoms with Crippen molar-refractivity contribution < 1.29 is 9.53 Å². The van der Waals surface area contributed by atoms with Crippen LogP contribution in [0.25, 0.3) is 21.9 Å². The molecule has 0 amide bonds. The number of aliphatic imine (C=N–C) groups is 1. The number of nitrogens with zero attached hydrogens (tertiary/aromatic N) is 5. The second kappa shape index (κ2) is 10.1. The Morgan fingerprint density at radius 1 is 1.22 bits per heavy atom. The van der Waals surface area contributed by atoms with Gasteiger partial charge in [-0.15, -0.1) is 0 Å². The molecule has 0 bridgehead atoms. The van der Waals surface area contributed by atoms with Gasteiger partial charge >= 0.3 is 0 Å². The molecule has 2 aromatic carbocycles. The fourth-order valence-corrected chi connectivity index (χ4v) is 5.19. The van der Waals surface area contributed by atoms with Crippen molar-refractivity contribution in [2.24, 2.45) is 10.7 Å². The van der Waals surface area contributed by atoms with Gasteiger partial charge in [0.15, 0.2) is 17.2 Å². The summed E-state index contributed by atoms with van der Waals surface area (Å²) in [7, 11) is 0. The molecule has 0 saturated carbocycles. The van der Waals surface area contributed by atoms with Gasteiger partial charge in [-0.2, -0.15) is 0 Å². The van der Waals surface area contributed by atoms with E-state index in [4.69, 9.17) is 10.5 Å². The fourth-order valence-electron chi connectivity index (χ4n) is 5.19. The van der Waals surface area contributed by atoms with Crippen LogP contribution in [0.15, 0.2) is 65.8 Å². The summed E-state index contributed by atoms with van der Waals surface area (Å²) < 4.78 is 6.40. The number of carbonyl (C=O) groups excluding carboxylic acids is 1. The van der Waals surface area contributed by atoms with E-state index in [1.807, 2.05) is 42.6 Å². The van der Waals surface area contributed by atoms with Crippen molar-refractivity contribution in [3.8, 4) is 5.75 Å². The first-order valence-corrected chi connectivity index (χ1v) is 12.7. The molecule has 0 aliphatic carbocycles. The molecular weight excluding hydrogens is 466 g/mol. The molecule has 1 fully saturated rings. The standard InChI is InChI=1S/C28H29N7O2/c29-23(14-20-5-2-10-30-20)24(36)13-18-8-9-19-4-1-7-25(22(19)12-18)37-15-21-6-3-11-35(21)28-26-27(32-16-31-26)33-17-34-28/h1,4-5,7-10,12,16-17,21,23H,2-3,6,11,13-15,29H2,(H,31,32,33,34)/t21-,23+/m1/s1. The maximum Gasteiger partial charge on any atom is 0.182 e. The number of ketones is 1. The fraction of sp³-hybridized carbons (Fsp3) is 0.321. The van der Waals surface area contributed by atoms with E-state index in [1.54, 1.807) is 12.7 Å². The number of allylic oxidation sites excluding steroid dienone is 1. The number of imidazole rings is 1. The van der Waals surface area contributed by atoms with Gasteiger partial charge < -0.3 is 20.4 Å². The molecule has 188 valence electrons. The van der Waals surface area contributed by atoms with Crippen molar-refractivity contribution in [1.82, 2.24) is 19.9 Å². The number of Topliss-reactive ketones (excluding diaryl/α,β-unsaturated/α-hetero) is 1. The Morgan fingerprint density at radius 2 is 2.16 bits per heavy atom. The van der Waals surface area contributed by atoms with Crippen LogP contribution in [0.1, 0.15) is 31.2 Å². The SMILES string of the molecule is N[C@@H](CC1=CCC=N1)C(=O)Cc1ccc2cccc(OC[C@H]3CCCN3c3ncnc4nc[nH]c34)c2c1. The van der Waals surface area contributed by atoms with Crippen LogP contribution in [0.2, 0.25) is 0 Å². The van der Waals surface area contributed by atoms with E-state index < -0.39 is 6.04 Å². The van der Waals surface area contributed by atoms with Gasteiger partial charge in [0, 0.05) is 43.1 Å². The smallest absolute Gasteiger partial charge is 0.182 e. The van der Waals surface area contributed by atoms with Crippen LogP contribution < -0.4 is 15.4 Å². The van der Waals surface area contributed by atoms with E-state index in [0.29, 0.717) is 18.7 Å². The highest BCUT2D eigenvalue weighted by Crippen LogP contribution is 2.31. The Bertz CT molecular complexity index is 1510. The largest absolute Gasteiger partial charge is 0.491 e. The molecule has 0 spiro atoms. The summed E-state index contributed by atoms with van der Waals surface area (Å²) >= 11 is 0. The second-order valence-corrected chi connectivity index (χ2v) is 9.61. The molecular formula is C28H29N7O2. The molecule has 9 nitrogen and oxygen atoms in total. The number of carbonyl (C=O) groups is 1. The Morgan fingerprint density at radius 3 is 3.05 bits per heavy atom. The third-order valence-corrected chi connectivity index (χ3v) is 7.13. The monoisotopic (exact) mass is 495 g/mol. The van der Waals surface area contributed by atoms with Gasteiger partial charge in [0.1, 0.15) is 24.2 Å². The summed E-state index contributed by atoms with van der Waals surface area (Å²) in [5, 5.41) is 2.06. The van der Waals surface area contributed by atoms with Crippen LogP contribution in [-0.4, -0.2) is 57.2 Å². The van der Waals surface area contributed by atoms with E-state index in [9.17, 15) is 4.79 Å². The number of aromatic amines is 1. The maximum absolute atomic E-state index is 12.8. The highest BCUT2D eigenvalue weighted by atomic mass is 16.5. The average Bonchev–Trinajstić information content (AvgIpc) is 3.69. The first-order chi connectivity index (χ1) is 18.2. The number of hydrogen-bond donors (Lipinski definition) is 2. The van der Waals surface area contributed by atoms with Gasteiger partial charge in [-0.3, -0.25) is 9.79 Å². The van der Waals surface area contributed by atoms with Gasteiger partial charge in [-0.05, 0) is 35.9 Å². The van der Waals surface area contributed by atoms with Crippen LogP contribution in [-0.2, 0) is 11.2 Å². The normalized spacial score (nSPS) is 18.0. The molecule has 2 aliphatic rings. The zero-order chi connectivity index (χ0) is 25.2. The van der Waals surface area contributed by atoms with Crippen molar-refractivity contribution in [2.45, 2.75) is 44.2 Å². The summed E-state index contributed by atoms with van der Waals surface area (Å²) in [5.41, 5.74) is 9.53. The minimum Gasteiger partial charge on any atom is -0.491 e. The predicted octanol–water partition coefficient (Wildman–Crippen LogP) is 3.74. The summed E-state index contributed by atoms with van der Waals surface area (Å²) in [5.74, 6) is 1.68. The lowest BCUT2D eigenvalue weighted by molar-refractivity contribution is -0.119. The number of H-pyrrole nitrogens is 1. The number of nitrogens with one attached hydrogen (secondary N) is 1. The van der Waals surface area contributed by atoms with Crippen molar-refractivity contribution in [2.75, 3.05) is 18.1 Å². The Labute approximate surface area is 214 Å². The van der Waals surface area contributed by atoms with Crippen LogP contribution in [0.4, 0.5) is 5.82 Å². The van der Waals surface area contributed by atoms with Gasteiger partial charge in [-0.25, -0.2) is 15.0 Å². The molecule has 37 heavy (non-hydrogen) atoms. The van der Waals surface area contributed by atoms with Crippen LogP contribution in [0.5, 0.6) is 5.75 Å². The molecule has 0 radical (unpaired) electrons. The van der Waals surface area contributed by atoms with Crippen LogP contribution in [0.3, 0.4) is 0 Å². The van der Waals surface area contributed by atoms with Crippen molar-refractivity contribution >= 4 is 39.8 Å². The van der Waals surface area contributed by atoms with Gasteiger partial charge in [0.2, 0.25) is 0 Å². The summed E-state index contributed by atoms with van der Waals surface area (Å²) in [6.45, 7) is 1.44. The molecule has 4 aromatic rings. The molecule has 2 atom stereocenters. The van der Waals surface area contributed by atoms with E-state index in [-0.39, 0.29) is 18.2 Å². The first kappa shape index (κ1) is 23.3. The average molecular weight is 496 g/mol. The zero-order valence-corrected chi connectivity index (χ0v) is 20.5. The van der Waals surface area contributed by atoms with E-state index in [1.165, 1.54) is 0 Å². The second-order valence-electron chi connectivity index (χ2n) is 9.61. The third kappa shape index (κ3) is 4.82. The highest BCUT2D eigenvalue weighted by Gasteiger charge is 2.28.